The average molecular weight is 156 g/mol. The van der Waals surface area contributed by atoms with Crippen LogP contribution in [0.2, 0.25) is 0 Å². The minimum Gasteiger partial charge on any atom is -0.481 e. The molecule has 1 heterocycles. The number of aliphatic carboxylic acids is 1. The zero-order valence-electron chi connectivity index (χ0n) is 6.32. The molecule has 0 aliphatic carbocycles. The maximum absolute atomic E-state index is 10.6. The molecule has 0 bridgehead atoms. The van der Waals surface area contributed by atoms with Crippen LogP contribution in [0.5, 0.6) is 0 Å². The third-order valence-corrected chi connectivity index (χ3v) is 1.92. The number of ether oxygens (including phenoxy) is 1. The zero-order valence-corrected chi connectivity index (χ0v) is 6.32. The van der Waals surface area contributed by atoms with E-state index in [1.807, 2.05) is 0 Å². The Balaban J connectivity index is 2.58. The Hall–Kier alpha value is -0.830. The molecule has 0 spiro atoms. The molecule has 3 heteroatoms. The van der Waals surface area contributed by atoms with Crippen molar-refractivity contribution >= 4 is 5.97 Å². The lowest BCUT2D eigenvalue weighted by Crippen LogP contribution is -2.33. The molecule has 3 nitrogen and oxygen atoms in total. The molecule has 0 radical (unpaired) electrons. The molecule has 1 fully saturated rings. The van der Waals surface area contributed by atoms with Gasteiger partial charge in [0, 0.05) is 6.61 Å². The topological polar surface area (TPSA) is 46.5 Å². The summed E-state index contributed by atoms with van der Waals surface area (Å²) in [5.74, 6) is -1.17. The van der Waals surface area contributed by atoms with Crippen LogP contribution in [0.3, 0.4) is 0 Å². The summed E-state index contributed by atoms with van der Waals surface area (Å²) in [6.45, 7) is 4.18. The first-order valence-corrected chi connectivity index (χ1v) is 3.72. The standard InChI is InChI=1S/C8H12O3/c1-2-7-6(8(9)10)4-3-5-11-7/h2,6-7H,1,3-5H2,(H,9,10)/t6-,7-/m1/s1. The number of rotatable bonds is 2. The molecule has 1 saturated heterocycles. The van der Waals surface area contributed by atoms with Gasteiger partial charge in [0.2, 0.25) is 0 Å². The Morgan fingerprint density at radius 1 is 1.73 bits per heavy atom. The van der Waals surface area contributed by atoms with Crippen molar-refractivity contribution in [1.82, 2.24) is 0 Å². The molecule has 1 N–H and O–H groups in total. The van der Waals surface area contributed by atoms with Gasteiger partial charge in [-0.1, -0.05) is 6.08 Å². The maximum Gasteiger partial charge on any atom is 0.309 e. The number of hydrogen-bond donors (Lipinski definition) is 1. The van der Waals surface area contributed by atoms with Crippen molar-refractivity contribution in [2.24, 2.45) is 5.92 Å². The summed E-state index contributed by atoms with van der Waals surface area (Å²) in [4.78, 5) is 10.6. The largest absolute Gasteiger partial charge is 0.481 e. The third-order valence-electron chi connectivity index (χ3n) is 1.92. The molecule has 1 rings (SSSR count). The number of hydrogen-bond acceptors (Lipinski definition) is 2. The fraction of sp³-hybridized carbons (Fsp3) is 0.625. The van der Waals surface area contributed by atoms with Gasteiger partial charge < -0.3 is 9.84 Å². The summed E-state index contributed by atoms with van der Waals surface area (Å²) in [6, 6.07) is 0. The van der Waals surface area contributed by atoms with Crippen LogP contribution in [-0.4, -0.2) is 23.8 Å². The van der Waals surface area contributed by atoms with Crippen molar-refractivity contribution in [2.45, 2.75) is 18.9 Å². The van der Waals surface area contributed by atoms with Crippen LogP contribution in [0.15, 0.2) is 12.7 Å². The molecular formula is C8H12O3. The fourth-order valence-electron chi connectivity index (χ4n) is 1.30. The Bertz CT molecular complexity index is 165. The van der Waals surface area contributed by atoms with E-state index < -0.39 is 5.97 Å². The zero-order chi connectivity index (χ0) is 8.27. The van der Waals surface area contributed by atoms with Gasteiger partial charge in [-0.2, -0.15) is 0 Å². The first kappa shape index (κ1) is 8.27. The van der Waals surface area contributed by atoms with Crippen molar-refractivity contribution < 1.29 is 14.6 Å². The van der Waals surface area contributed by atoms with Crippen LogP contribution in [0.1, 0.15) is 12.8 Å². The number of carboxylic acid groups (broad SMARTS) is 1. The molecule has 0 aromatic rings. The van der Waals surface area contributed by atoms with Gasteiger partial charge in [-0.3, -0.25) is 4.79 Å². The monoisotopic (exact) mass is 156 g/mol. The predicted molar refractivity (Wildman–Crippen MR) is 40.3 cm³/mol. The van der Waals surface area contributed by atoms with E-state index in [0.29, 0.717) is 13.0 Å². The highest BCUT2D eigenvalue weighted by Crippen LogP contribution is 2.21. The molecule has 1 aliphatic heterocycles. The summed E-state index contributed by atoms with van der Waals surface area (Å²) in [5.41, 5.74) is 0. The predicted octanol–water partition coefficient (Wildman–Crippen LogP) is 1.05. The Morgan fingerprint density at radius 3 is 2.91 bits per heavy atom. The van der Waals surface area contributed by atoms with Crippen LogP contribution >= 0.6 is 0 Å². The van der Waals surface area contributed by atoms with Gasteiger partial charge in [-0.05, 0) is 12.8 Å². The minimum atomic E-state index is -0.783. The number of carbonyl (C=O) groups is 1. The van der Waals surface area contributed by atoms with Gasteiger partial charge in [0.05, 0.1) is 12.0 Å². The van der Waals surface area contributed by atoms with Crippen LogP contribution < -0.4 is 0 Å². The van der Waals surface area contributed by atoms with E-state index in [1.54, 1.807) is 6.08 Å². The lowest BCUT2D eigenvalue weighted by molar-refractivity contribution is -0.149. The lowest BCUT2D eigenvalue weighted by atomic mass is 9.95. The van der Waals surface area contributed by atoms with Gasteiger partial charge in [-0.15, -0.1) is 6.58 Å². The van der Waals surface area contributed by atoms with Crippen molar-refractivity contribution in [3.63, 3.8) is 0 Å². The molecule has 0 aromatic carbocycles. The van der Waals surface area contributed by atoms with Gasteiger partial charge in [-0.25, -0.2) is 0 Å². The van der Waals surface area contributed by atoms with Gasteiger partial charge >= 0.3 is 5.97 Å². The van der Waals surface area contributed by atoms with E-state index in [2.05, 4.69) is 6.58 Å². The molecule has 0 amide bonds. The molecule has 2 atom stereocenters. The highest BCUT2D eigenvalue weighted by Gasteiger charge is 2.29. The Labute approximate surface area is 65.7 Å². The van der Waals surface area contributed by atoms with Gasteiger partial charge in [0.25, 0.3) is 0 Å². The normalized spacial score (nSPS) is 31.3. The van der Waals surface area contributed by atoms with Crippen LogP contribution in [0, 0.1) is 5.92 Å². The maximum atomic E-state index is 10.6. The molecule has 0 aromatic heterocycles. The van der Waals surface area contributed by atoms with Gasteiger partial charge in [0.15, 0.2) is 0 Å². The average Bonchev–Trinajstić information content (AvgIpc) is 2.04. The summed E-state index contributed by atoms with van der Waals surface area (Å²) in [7, 11) is 0. The first-order valence-electron chi connectivity index (χ1n) is 3.72. The third kappa shape index (κ3) is 1.80. The van der Waals surface area contributed by atoms with E-state index in [-0.39, 0.29) is 12.0 Å². The Kier molecular flexibility index (Phi) is 2.65. The van der Waals surface area contributed by atoms with Crippen LogP contribution in [0.25, 0.3) is 0 Å². The van der Waals surface area contributed by atoms with Gasteiger partial charge in [0.1, 0.15) is 0 Å². The molecule has 11 heavy (non-hydrogen) atoms. The van der Waals surface area contributed by atoms with Crippen molar-refractivity contribution in [2.75, 3.05) is 6.61 Å². The summed E-state index contributed by atoms with van der Waals surface area (Å²) in [6.07, 6.45) is 2.81. The summed E-state index contributed by atoms with van der Waals surface area (Å²) >= 11 is 0. The summed E-state index contributed by atoms with van der Waals surface area (Å²) in [5, 5.41) is 8.71. The molecular weight excluding hydrogens is 144 g/mol. The smallest absolute Gasteiger partial charge is 0.309 e. The van der Waals surface area contributed by atoms with Crippen LogP contribution in [-0.2, 0) is 9.53 Å². The second kappa shape index (κ2) is 3.53. The highest BCUT2D eigenvalue weighted by molar-refractivity contribution is 5.71. The quantitative estimate of drug-likeness (QED) is 0.608. The molecule has 0 unspecified atom stereocenters. The minimum absolute atomic E-state index is 0.291. The van der Waals surface area contributed by atoms with E-state index in [0.717, 1.165) is 6.42 Å². The molecule has 1 aliphatic rings. The van der Waals surface area contributed by atoms with E-state index in [4.69, 9.17) is 9.84 Å². The second-order valence-electron chi connectivity index (χ2n) is 2.66. The van der Waals surface area contributed by atoms with Crippen molar-refractivity contribution in [3.8, 4) is 0 Å². The molecule has 0 saturated carbocycles. The first-order chi connectivity index (χ1) is 5.25. The van der Waals surface area contributed by atoms with E-state index in [9.17, 15) is 4.79 Å². The summed E-state index contributed by atoms with van der Waals surface area (Å²) < 4.78 is 5.20. The van der Waals surface area contributed by atoms with Crippen molar-refractivity contribution in [1.29, 1.82) is 0 Å². The van der Waals surface area contributed by atoms with E-state index in [1.165, 1.54) is 0 Å². The molecule has 62 valence electrons. The fourth-order valence-corrected chi connectivity index (χ4v) is 1.30. The second-order valence-corrected chi connectivity index (χ2v) is 2.66. The Morgan fingerprint density at radius 2 is 2.45 bits per heavy atom. The van der Waals surface area contributed by atoms with Crippen LogP contribution in [0.4, 0.5) is 0 Å². The SMILES string of the molecule is C=C[C@H]1OCCC[C@H]1C(=O)O. The van der Waals surface area contributed by atoms with Crippen molar-refractivity contribution in [3.05, 3.63) is 12.7 Å². The van der Waals surface area contributed by atoms with E-state index >= 15 is 0 Å². The number of carboxylic acids is 1. The highest BCUT2D eigenvalue weighted by atomic mass is 16.5. The lowest BCUT2D eigenvalue weighted by Gasteiger charge is -2.25.